The molecule has 2 aromatic carbocycles. The number of hydrogen-bond donors (Lipinski definition) is 1. The Morgan fingerprint density at radius 1 is 1.05 bits per heavy atom. The lowest BCUT2D eigenvalue weighted by atomic mass is 9.91. The largest absolute Gasteiger partial charge is 0.309 e. The fourth-order valence-electron chi connectivity index (χ4n) is 2.75. The minimum Gasteiger partial charge on any atom is -0.309 e. The fraction of sp³-hybridized carbons (Fsp3) is 0.368. The molecule has 0 bridgehead atoms. The van der Waals surface area contributed by atoms with Gasteiger partial charge in [0.25, 0.3) is 0 Å². The maximum absolute atomic E-state index is 13.9. The van der Waals surface area contributed by atoms with E-state index in [-0.39, 0.29) is 11.9 Å². The van der Waals surface area contributed by atoms with Gasteiger partial charge in [0, 0.05) is 0 Å². The molecule has 1 atom stereocenters. The summed E-state index contributed by atoms with van der Waals surface area (Å²) in [5, 5.41) is 3.34. The maximum Gasteiger partial charge on any atom is 0.126 e. The van der Waals surface area contributed by atoms with Gasteiger partial charge < -0.3 is 5.32 Å². The maximum atomic E-state index is 13.9. The molecule has 1 unspecified atom stereocenters. The van der Waals surface area contributed by atoms with Crippen molar-refractivity contribution in [3.8, 4) is 0 Å². The van der Waals surface area contributed by atoms with E-state index in [0.717, 1.165) is 18.4 Å². The van der Waals surface area contributed by atoms with Crippen molar-refractivity contribution in [2.45, 2.75) is 39.7 Å². The first kappa shape index (κ1) is 15.7. The van der Waals surface area contributed by atoms with Crippen molar-refractivity contribution in [3.05, 3.63) is 70.0 Å². The molecule has 0 radical (unpaired) electrons. The lowest BCUT2D eigenvalue weighted by Gasteiger charge is -2.21. The molecule has 2 rings (SSSR count). The van der Waals surface area contributed by atoms with Crippen LogP contribution in [0.5, 0.6) is 0 Å². The monoisotopic (exact) mass is 285 g/mol. The first-order valence-electron chi connectivity index (χ1n) is 7.65. The summed E-state index contributed by atoms with van der Waals surface area (Å²) in [6.07, 6.45) is 1.99. The molecule has 2 aromatic rings. The van der Waals surface area contributed by atoms with Crippen LogP contribution < -0.4 is 5.32 Å². The van der Waals surface area contributed by atoms with Gasteiger partial charge in [-0.2, -0.15) is 0 Å². The Hall–Kier alpha value is -1.67. The SMILES string of the molecule is CCc1ccc(CC)c(C(NC)c2ccc(C)c(F)c2)c1. The molecule has 0 heterocycles. The van der Waals surface area contributed by atoms with Crippen molar-refractivity contribution in [1.82, 2.24) is 5.32 Å². The van der Waals surface area contributed by atoms with Crippen LogP contribution in [0.3, 0.4) is 0 Å². The van der Waals surface area contributed by atoms with Crippen molar-refractivity contribution in [2.75, 3.05) is 7.05 Å². The van der Waals surface area contributed by atoms with E-state index >= 15 is 0 Å². The van der Waals surface area contributed by atoms with Gasteiger partial charge in [-0.15, -0.1) is 0 Å². The third kappa shape index (κ3) is 3.33. The molecule has 0 saturated heterocycles. The van der Waals surface area contributed by atoms with Crippen LogP contribution in [0.2, 0.25) is 0 Å². The van der Waals surface area contributed by atoms with E-state index in [4.69, 9.17) is 0 Å². The molecule has 0 amide bonds. The van der Waals surface area contributed by atoms with E-state index in [9.17, 15) is 4.39 Å². The number of nitrogens with one attached hydrogen (secondary N) is 1. The van der Waals surface area contributed by atoms with Gasteiger partial charge in [-0.05, 0) is 60.7 Å². The van der Waals surface area contributed by atoms with E-state index in [1.165, 1.54) is 16.7 Å². The normalized spacial score (nSPS) is 12.4. The highest BCUT2D eigenvalue weighted by molar-refractivity contribution is 5.41. The molecule has 1 N–H and O–H groups in total. The zero-order valence-corrected chi connectivity index (χ0v) is 13.3. The van der Waals surface area contributed by atoms with Crippen LogP contribution in [0.25, 0.3) is 0 Å². The second-order valence-electron chi connectivity index (χ2n) is 5.47. The van der Waals surface area contributed by atoms with Crippen LogP contribution in [0.1, 0.15) is 47.7 Å². The fourth-order valence-corrected chi connectivity index (χ4v) is 2.75. The topological polar surface area (TPSA) is 12.0 Å². The number of benzene rings is 2. The number of rotatable bonds is 5. The van der Waals surface area contributed by atoms with E-state index < -0.39 is 0 Å². The van der Waals surface area contributed by atoms with Gasteiger partial charge >= 0.3 is 0 Å². The van der Waals surface area contributed by atoms with Crippen molar-refractivity contribution < 1.29 is 4.39 Å². The molecule has 0 fully saturated rings. The molecule has 0 aliphatic rings. The molecule has 2 heteroatoms. The minimum atomic E-state index is -0.141. The summed E-state index contributed by atoms with van der Waals surface area (Å²) in [6.45, 7) is 6.11. The number of hydrogen-bond acceptors (Lipinski definition) is 1. The van der Waals surface area contributed by atoms with Crippen molar-refractivity contribution >= 4 is 0 Å². The quantitative estimate of drug-likeness (QED) is 0.848. The van der Waals surface area contributed by atoms with Gasteiger partial charge in [-0.25, -0.2) is 4.39 Å². The van der Waals surface area contributed by atoms with E-state index in [2.05, 4.69) is 37.4 Å². The summed E-state index contributed by atoms with van der Waals surface area (Å²) in [4.78, 5) is 0. The summed E-state index contributed by atoms with van der Waals surface area (Å²) in [6, 6.07) is 12.2. The van der Waals surface area contributed by atoms with Gasteiger partial charge in [0.15, 0.2) is 0 Å². The highest BCUT2D eigenvalue weighted by Crippen LogP contribution is 2.27. The van der Waals surface area contributed by atoms with Crippen LogP contribution in [0.15, 0.2) is 36.4 Å². The van der Waals surface area contributed by atoms with E-state index in [1.807, 2.05) is 19.2 Å². The molecule has 21 heavy (non-hydrogen) atoms. The molecule has 0 aromatic heterocycles. The Morgan fingerprint density at radius 2 is 1.81 bits per heavy atom. The molecular formula is C19H24FN. The molecular weight excluding hydrogens is 261 g/mol. The summed E-state index contributed by atoms with van der Waals surface area (Å²) < 4.78 is 13.9. The lowest BCUT2D eigenvalue weighted by Crippen LogP contribution is -2.19. The predicted octanol–water partition coefficient (Wildman–Crippen LogP) is 4.57. The third-order valence-electron chi connectivity index (χ3n) is 4.13. The smallest absolute Gasteiger partial charge is 0.126 e. The Balaban J connectivity index is 2.51. The average molecular weight is 285 g/mol. The van der Waals surface area contributed by atoms with E-state index in [0.29, 0.717) is 5.56 Å². The van der Waals surface area contributed by atoms with Crippen LogP contribution >= 0.6 is 0 Å². The Labute approximate surface area is 127 Å². The number of halogens is 1. The van der Waals surface area contributed by atoms with Crippen LogP contribution in [0, 0.1) is 12.7 Å². The van der Waals surface area contributed by atoms with E-state index in [1.54, 1.807) is 13.0 Å². The summed E-state index contributed by atoms with van der Waals surface area (Å²) in [7, 11) is 1.93. The van der Waals surface area contributed by atoms with Crippen LogP contribution in [0.4, 0.5) is 4.39 Å². The van der Waals surface area contributed by atoms with Gasteiger partial charge in [0.1, 0.15) is 5.82 Å². The molecule has 0 spiro atoms. The van der Waals surface area contributed by atoms with Gasteiger partial charge in [0.05, 0.1) is 6.04 Å². The first-order valence-corrected chi connectivity index (χ1v) is 7.65. The molecule has 0 aliphatic heterocycles. The highest BCUT2D eigenvalue weighted by atomic mass is 19.1. The Kier molecular flexibility index (Phi) is 5.13. The summed E-state index contributed by atoms with van der Waals surface area (Å²) in [5.74, 6) is -0.141. The average Bonchev–Trinajstić information content (AvgIpc) is 2.51. The molecule has 0 saturated carbocycles. The second kappa shape index (κ2) is 6.86. The molecule has 112 valence electrons. The molecule has 0 aliphatic carbocycles. The van der Waals surface area contributed by atoms with Crippen molar-refractivity contribution in [2.24, 2.45) is 0 Å². The third-order valence-corrected chi connectivity index (χ3v) is 4.13. The van der Waals surface area contributed by atoms with Crippen molar-refractivity contribution in [1.29, 1.82) is 0 Å². The van der Waals surface area contributed by atoms with Gasteiger partial charge in [0.2, 0.25) is 0 Å². The minimum absolute atomic E-state index is 0.0292. The zero-order chi connectivity index (χ0) is 15.4. The van der Waals surface area contributed by atoms with Crippen LogP contribution in [-0.2, 0) is 12.8 Å². The highest BCUT2D eigenvalue weighted by Gasteiger charge is 2.16. The predicted molar refractivity (Wildman–Crippen MR) is 87.2 cm³/mol. The lowest BCUT2D eigenvalue weighted by molar-refractivity contribution is 0.607. The Bertz CT molecular complexity index is 619. The van der Waals surface area contributed by atoms with Gasteiger partial charge in [-0.1, -0.05) is 44.2 Å². The van der Waals surface area contributed by atoms with Gasteiger partial charge in [-0.3, -0.25) is 0 Å². The second-order valence-corrected chi connectivity index (χ2v) is 5.47. The summed E-state index contributed by atoms with van der Waals surface area (Å²) >= 11 is 0. The first-order chi connectivity index (χ1) is 10.1. The summed E-state index contributed by atoms with van der Waals surface area (Å²) in [5.41, 5.74) is 5.54. The standard InChI is InChI=1S/C19H24FN/c1-5-14-8-10-15(6-2)17(11-14)19(21-4)16-9-7-13(3)18(20)12-16/h7-12,19,21H,5-6H2,1-4H3. The van der Waals surface area contributed by atoms with Crippen LogP contribution in [-0.4, -0.2) is 7.05 Å². The number of aryl methyl sites for hydroxylation is 3. The molecule has 1 nitrogen and oxygen atoms in total. The Morgan fingerprint density at radius 3 is 2.38 bits per heavy atom. The van der Waals surface area contributed by atoms with Crippen molar-refractivity contribution in [3.63, 3.8) is 0 Å². The zero-order valence-electron chi connectivity index (χ0n) is 13.3.